The third-order valence-electron chi connectivity index (χ3n) is 2.26. The van der Waals surface area contributed by atoms with E-state index < -0.39 is 11.7 Å². The van der Waals surface area contributed by atoms with E-state index in [0.29, 0.717) is 23.9 Å². The summed E-state index contributed by atoms with van der Waals surface area (Å²) in [6.07, 6.45) is 0.904. The lowest BCUT2D eigenvalue weighted by Crippen LogP contribution is -2.25. The Kier molecular flexibility index (Phi) is 5.58. The number of rotatable bonds is 5. The van der Waals surface area contributed by atoms with E-state index in [0.717, 1.165) is 0 Å². The highest BCUT2D eigenvalue weighted by atomic mass is 79.9. The molecule has 0 aliphatic heterocycles. The van der Waals surface area contributed by atoms with Crippen molar-refractivity contribution in [2.24, 2.45) is 0 Å². The van der Waals surface area contributed by atoms with Gasteiger partial charge in [-0.2, -0.15) is 0 Å². The summed E-state index contributed by atoms with van der Waals surface area (Å²) < 4.78 is 14.0. The Morgan fingerprint density at radius 3 is 2.88 bits per heavy atom. The number of hydrogen-bond donors (Lipinski definition) is 2. The van der Waals surface area contributed by atoms with Crippen molar-refractivity contribution in [3.8, 4) is 0 Å². The molecule has 0 fully saturated rings. The Morgan fingerprint density at radius 2 is 2.29 bits per heavy atom. The number of amides is 1. The lowest BCUT2D eigenvalue weighted by Gasteiger charge is -2.07. The highest BCUT2D eigenvalue weighted by Gasteiger charge is 2.11. The number of hydrogen-bond acceptors (Lipinski definition) is 2. The largest absolute Gasteiger partial charge is 0.393 e. The second kappa shape index (κ2) is 6.71. The monoisotopic (exact) mass is 303 g/mol. The van der Waals surface area contributed by atoms with Gasteiger partial charge >= 0.3 is 0 Å². The summed E-state index contributed by atoms with van der Waals surface area (Å²) in [5, 5.41) is 11.6. The Morgan fingerprint density at radius 1 is 1.59 bits per heavy atom. The third kappa shape index (κ3) is 4.83. The number of halogens is 2. The molecule has 3 nitrogen and oxygen atoms in total. The Balaban J connectivity index is 2.47. The van der Waals surface area contributed by atoms with E-state index in [2.05, 4.69) is 21.2 Å². The summed E-state index contributed by atoms with van der Waals surface area (Å²) in [4.78, 5) is 11.6. The molecule has 1 aromatic rings. The lowest BCUT2D eigenvalue weighted by molar-refractivity contribution is 0.0945. The van der Waals surface area contributed by atoms with Crippen molar-refractivity contribution in [3.63, 3.8) is 0 Å². The van der Waals surface area contributed by atoms with Gasteiger partial charge in [0.1, 0.15) is 5.82 Å². The predicted molar refractivity (Wildman–Crippen MR) is 67.3 cm³/mol. The fourth-order valence-electron chi connectivity index (χ4n) is 1.37. The van der Waals surface area contributed by atoms with Crippen LogP contribution in [-0.2, 0) is 0 Å². The van der Waals surface area contributed by atoms with E-state index in [9.17, 15) is 9.18 Å². The first-order valence-electron chi connectivity index (χ1n) is 5.42. The normalized spacial score (nSPS) is 12.2. The van der Waals surface area contributed by atoms with E-state index in [-0.39, 0.29) is 11.7 Å². The van der Waals surface area contributed by atoms with Crippen LogP contribution in [-0.4, -0.2) is 23.7 Å². The first kappa shape index (κ1) is 14.1. The standard InChI is InChI=1S/C12H15BrFNO2/c1-8(16)3-2-6-15-12(17)10-5-4-9(13)7-11(10)14/h4-5,7-8,16H,2-3,6H2,1H3,(H,15,17). The highest BCUT2D eigenvalue weighted by molar-refractivity contribution is 9.10. The van der Waals surface area contributed by atoms with Gasteiger partial charge in [-0.25, -0.2) is 4.39 Å². The van der Waals surface area contributed by atoms with Gasteiger partial charge in [-0.1, -0.05) is 15.9 Å². The lowest BCUT2D eigenvalue weighted by atomic mass is 10.2. The molecule has 0 aromatic heterocycles. The van der Waals surface area contributed by atoms with E-state index in [1.807, 2.05) is 0 Å². The molecule has 1 atom stereocenters. The zero-order valence-electron chi connectivity index (χ0n) is 9.54. The van der Waals surface area contributed by atoms with Gasteiger partial charge in [0, 0.05) is 11.0 Å². The first-order chi connectivity index (χ1) is 8.00. The molecule has 1 aromatic carbocycles. The van der Waals surface area contributed by atoms with Crippen molar-refractivity contribution in [2.45, 2.75) is 25.9 Å². The van der Waals surface area contributed by atoms with Crippen molar-refractivity contribution in [1.29, 1.82) is 0 Å². The zero-order chi connectivity index (χ0) is 12.8. The number of nitrogens with one attached hydrogen (secondary N) is 1. The van der Waals surface area contributed by atoms with Crippen LogP contribution >= 0.6 is 15.9 Å². The predicted octanol–water partition coefficient (Wildman–Crippen LogP) is 2.48. The number of carbonyl (C=O) groups is 1. The number of carbonyl (C=O) groups excluding carboxylic acids is 1. The minimum Gasteiger partial charge on any atom is -0.393 e. The zero-order valence-corrected chi connectivity index (χ0v) is 11.1. The van der Waals surface area contributed by atoms with Crippen molar-refractivity contribution >= 4 is 21.8 Å². The number of aliphatic hydroxyl groups excluding tert-OH is 1. The minimum atomic E-state index is -0.549. The van der Waals surface area contributed by atoms with Crippen LogP contribution in [0.4, 0.5) is 4.39 Å². The van der Waals surface area contributed by atoms with Crippen LogP contribution in [0.5, 0.6) is 0 Å². The van der Waals surface area contributed by atoms with Gasteiger partial charge in [0.25, 0.3) is 5.91 Å². The quantitative estimate of drug-likeness (QED) is 0.821. The first-order valence-corrected chi connectivity index (χ1v) is 6.21. The maximum Gasteiger partial charge on any atom is 0.254 e. The molecule has 0 heterocycles. The van der Waals surface area contributed by atoms with Crippen molar-refractivity contribution in [3.05, 3.63) is 34.1 Å². The van der Waals surface area contributed by atoms with Crippen molar-refractivity contribution in [2.75, 3.05) is 6.54 Å². The summed E-state index contributed by atoms with van der Waals surface area (Å²) in [7, 11) is 0. The Bertz CT molecular complexity index is 396. The Labute approximate surface area is 108 Å². The van der Waals surface area contributed by atoms with Crippen LogP contribution in [0.2, 0.25) is 0 Å². The van der Waals surface area contributed by atoms with Gasteiger partial charge < -0.3 is 10.4 Å². The summed E-state index contributed by atoms with van der Waals surface area (Å²) in [5.74, 6) is -0.979. The fraction of sp³-hybridized carbons (Fsp3) is 0.417. The van der Waals surface area contributed by atoms with Gasteiger partial charge in [-0.15, -0.1) is 0 Å². The van der Waals surface area contributed by atoms with Gasteiger partial charge in [-0.3, -0.25) is 4.79 Å². The van der Waals surface area contributed by atoms with Crippen LogP contribution in [0.1, 0.15) is 30.1 Å². The topological polar surface area (TPSA) is 49.3 Å². The van der Waals surface area contributed by atoms with Crippen LogP contribution in [0, 0.1) is 5.82 Å². The molecular weight excluding hydrogens is 289 g/mol. The second-order valence-corrected chi connectivity index (χ2v) is 4.79. The van der Waals surface area contributed by atoms with Crippen LogP contribution in [0.15, 0.2) is 22.7 Å². The van der Waals surface area contributed by atoms with E-state index in [1.165, 1.54) is 12.1 Å². The molecular formula is C12H15BrFNO2. The molecule has 1 amide bonds. The summed E-state index contributed by atoms with van der Waals surface area (Å²) in [6.45, 7) is 2.12. The summed E-state index contributed by atoms with van der Waals surface area (Å²) in [5.41, 5.74) is 0.0326. The van der Waals surface area contributed by atoms with E-state index in [4.69, 9.17) is 5.11 Å². The highest BCUT2D eigenvalue weighted by Crippen LogP contribution is 2.15. The molecule has 5 heteroatoms. The van der Waals surface area contributed by atoms with Crippen LogP contribution in [0.3, 0.4) is 0 Å². The average Bonchev–Trinajstić information content (AvgIpc) is 2.23. The number of benzene rings is 1. The Hall–Kier alpha value is -0.940. The number of aliphatic hydroxyl groups is 1. The molecule has 0 bridgehead atoms. The summed E-state index contributed by atoms with van der Waals surface area (Å²) in [6, 6.07) is 4.31. The van der Waals surface area contributed by atoms with E-state index >= 15 is 0 Å². The van der Waals surface area contributed by atoms with Crippen LogP contribution < -0.4 is 5.32 Å². The van der Waals surface area contributed by atoms with Crippen LogP contribution in [0.25, 0.3) is 0 Å². The SMILES string of the molecule is CC(O)CCCNC(=O)c1ccc(Br)cc1F. The third-order valence-corrected chi connectivity index (χ3v) is 2.75. The van der Waals surface area contributed by atoms with Gasteiger partial charge in [0.05, 0.1) is 11.7 Å². The fourth-order valence-corrected chi connectivity index (χ4v) is 1.70. The van der Waals surface area contributed by atoms with Gasteiger partial charge in [-0.05, 0) is 38.0 Å². The van der Waals surface area contributed by atoms with Gasteiger partial charge in [0.2, 0.25) is 0 Å². The molecule has 0 radical (unpaired) electrons. The molecule has 2 N–H and O–H groups in total. The van der Waals surface area contributed by atoms with Crippen molar-refractivity contribution < 1.29 is 14.3 Å². The van der Waals surface area contributed by atoms with E-state index in [1.54, 1.807) is 13.0 Å². The molecule has 0 spiro atoms. The second-order valence-electron chi connectivity index (χ2n) is 3.87. The molecule has 1 unspecified atom stereocenters. The smallest absolute Gasteiger partial charge is 0.254 e. The minimum absolute atomic E-state index is 0.0326. The summed E-state index contributed by atoms with van der Waals surface area (Å²) >= 11 is 3.13. The van der Waals surface area contributed by atoms with Gasteiger partial charge in [0.15, 0.2) is 0 Å². The molecule has 0 saturated carbocycles. The maximum absolute atomic E-state index is 13.4. The molecule has 94 valence electrons. The molecule has 0 aliphatic carbocycles. The molecule has 1 rings (SSSR count). The maximum atomic E-state index is 13.4. The molecule has 0 saturated heterocycles. The molecule has 0 aliphatic rings. The van der Waals surface area contributed by atoms with Crippen molar-refractivity contribution in [1.82, 2.24) is 5.32 Å². The average molecular weight is 304 g/mol. The molecule has 17 heavy (non-hydrogen) atoms.